The Morgan fingerprint density at radius 1 is 1.18 bits per heavy atom. The molecule has 0 aliphatic heterocycles. The number of hydrogen-bond donors (Lipinski definition) is 0. The molecule has 1 rings (SSSR count). The number of hydrogen-bond acceptors (Lipinski definition) is 2. The Morgan fingerprint density at radius 3 is 2.29 bits per heavy atom. The van der Waals surface area contributed by atoms with Gasteiger partial charge in [0.05, 0.1) is 6.61 Å². The lowest BCUT2D eigenvalue weighted by atomic mass is 10.2. The molecule has 0 atom stereocenters. The Labute approximate surface area is 95.2 Å². The highest BCUT2D eigenvalue weighted by Crippen LogP contribution is 2.19. The number of carbonyl (C=O) groups is 1. The van der Waals surface area contributed by atoms with Crippen LogP contribution in [-0.4, -0.2) is 12.6 Å². The number of carbonyl (C=O) groups excluding carboxylic acids is 1. The van der Waals surface area contributed by atoms with E-state index in [4.69, 9.17) is 0 Å². The highest BCUT2D eigenvalue weighted by Gasteiger charge is 2.23. The molecular weight excluding hydrogens is 240 g/mol. The lowest BCUT2D eigenvalue weighted by Crippen LogP contribution is -2.14. The van der Waals surface area contributed by atoms with Crippen molar-refractivity contribution >= 4 is 5.97 Å². The minimum atomic E-state index is -2.03. The number of esters is 1. The maximum atomic E-state index is 13.1. The molecular formula is C11H10F4O2. The van der Waals surface area contributed by atoms with E-state index in [-0.39, 0.29) is 18.6 Å². The van der Waals surface area contributed by atoms with Gasteiger partial charge in [0.1, 0.15) is 5.56 Å². The summed E-state index contributed by atoms with van der Waals surface area (Å²) in [4.78, 5) is 11.3. The third-order valence-electron chi connectivity index (χ3n) is 1.87. The summed E-state index contributed by atoms with van der Waals surface area (Å²) in [5.74, 6) is -8.62. The number of halogens is 4. The fraction of sp³-hybridized carbons (Fsp3) is 0.364. The largest absolute Gasteiger partial charge is 0.462 e. The van der Waals surface area contributed by atoms with Crippen LogP contribution in [0, 0.1) is 29.2 Å². The quantitative estimate of drug-likeness (QED) is 0.356. The molecule has 0 spiro atoms. The highest BCUT2D eigenvalue weighted by atomic mass is 19.2. The molecule has 0 heterocycles. The van der Waals surface area contributed by atoms with E-state index in [2.05, 4.69) is 4.74 Å². The van der Waals surface area contributed by atoms with Gasteiger partial charge in [-0.25, -0.2) is 22.4 Å². The Morgan fingerprint density at radius 2 is 1.76 bits per heavy atom. The molecule has 17 heavy (non-hydrogen) atoms. The fourth-order valence-electron chi connectivity index (χ4n) is 1.04. The Balaban J connectivity index is 3.02. The maximum absolute atomic E-state index is 13.1. The van der Waals surface area contributed by atoms with Gasteiger partial charge >= 0.3 is 5.97 Å². The SMILES string of the molecule is CC(C)COC(=O)c1cc(F)c(F)c(F)c1F. The van der Waals surface area contributed by atoms with Crippen LogP contribution in [0.15, 0.2) is 6.07 Å². The van der Waals surface area contributed by atoms with Crippen LogP contribution in [0.25, 0.3) is 0 Å². The van der Waals surface area contributed by atoms with Crippen LogP contribution in [0.1, 0.15) is 24.2 Å². The normalized spacial score (nSPS) is 10.8. The van der Waals surface area contributed by atoms with E-state index in [0.717, 1.165) is 0 Å². The molecule has 1 aromatic rings. The Kier molecular flexibility index (Phi) is 4.09. The van der Waals surface area contributed by atoms with Crippen LogP contribution in [0.4, 0.5) is 17.6 Å². The van der Waals surface area contributed by atoms with Crippen molar-refractivity contribution in [2.45, 2.75) is 13.8 Å². The first-order valence-corrected chi connectivity index (χ1v) is 4.84. The molecule has 0 aromatic heterocycles. The molecule has 1 aromatic carbocycles. The lowest BCUT2D eigenvalue weighted by molar-refractivity contribution is 0.0451. The molecule has 0 aliphatic rings. The van der Waals surface area contributed by atoms with Crippen molar-refractivity contribution in [2.75, 3.05) is 6.61 Å². The average Bonchev–Trinajstić information content (AvgIpc) is 2.28. The van der Waals surface area contributed by atoms with Crippen molar-refractivity contribution in [3.8, 4) is 0 Å². The van der Waals surface area contributed by atoms with Crippen LogP contribution in [0.5, 0.6) is 0 Å². The zero-order chi connectivity index (χ0) is 13.2. The topological polar surface area (TPSA) is 26.3 Å². The molecule has 6 heteroatoms. The molecule has 0 radical (unpaired) electrons. The van der Waals surface area contributed by atoms with Gasteiger partial charge in [-0.1, -0.05) is 13.8 Å². The standard InChI is InChI=1S/C11H10F4O2/c1-5(2)4-17-11(16)6-3-7(12)9(14)10(15)8(6)13/h3,5H,4H2,1-2H3. The zero-order valence-corrected chi connectivity index (χ0v) is 9.19. The first-order chi connectivity index (χ1) is 7.84. The average molecular weight is 250 g/mol. The molecule has 0 saturated heterocycles. The zero-order valence-electron chi connectivity index (χ0n) is 9.19. The van der Waals surface area contributed by atoms with Gasteiger partial charge in [-0.2, -0.15) is 0 Å². The molecule has 0 N–H and O–H groups in total. The van der Waals surface area contributed by atoms with Gasteiger partial charge in [0, 0.05) is 0 Å². The number of ether oxygens (including phenoxy) is 1. The predicted octanol–water partition coefficient (Wildman–Crippen LogP) is 3.06. The van der Waals surface area contributed by atoms with Crippen LogP contribution in [0.3, 0.4) is 0 Å². The summed E-state index contributed by atoms with van der Waals surface area (Å²) in [5.41, 5.74) is -0.956. The third kappa shape index (κ3) is 2.95. The van der Waals surface area contributed by atoms with Gasteiger partial charge in [0.2, 0.25) is 0 Å². The molecule has 0 unspecified atom stereocenters. The smallest absolute Gasteiger partial charge is 0.341 e. The molecule has 0 fully saturated rings. The van der Waals surface area contributed by atoms with E-state index in [9.17, 15) is 22.4 Å². The van der Waals surface area contributed by atoms with Crippen LogP contribution >= 0.6 is 0 Å². The van der Waals surface area contributed by atoms with Gasteiger partial charge in [0.25, 0.3) is 0 Å². The van der Waals surface area contributed by atoms with Crippen molar-refractivity contribution in [3.05, 3.63) is 34.9 Å². The van der Waals surface area contributed by atoms with E-state index in [0.29, 0.717) is 0 Å². The first-order valence-electron chi connectivity index (χ1n) is 4.84. The molecule has 2 nitrogen and oxygen atoms in total. The molecule has 0 aliphatic carbocycles. The monoisotopic (exact) mass is 250 g/mol. The van der Waals surface area contributed by atoms with E-state index in [1.54, 1.807) is 13.8 Å². The van der Waals surface area contributed by atoms with Crippen molar-refractivity contribution in [1.82, 2.24) is 0 Å². The molecule has 0 amide bonds. The van der Waals surface area contributed by atoms with E-state index in [1.165, 1.54) is 0 Å². The summed E-state index contributed by atoms with van der Waals surface area (Å²) in [5, 5.41) is 0. The third-order valence-corrected chi connectivity index (χ3v) is 1.87. The van der Waals surface area contributed by atoms with Crippen LogP contribution in [-0.2, 0) is 4.74 Å². The van der Waals surface area contributed by atoms with Gasteiger partial charge in [-0.05, 0) is 12.0 Å². The molecule has 94 valence electrons. The van der Waals surface area contributed by atoms with Crippen molar-refractivity contribution in [1.29, 1.82) is 0 Å². The summed E-state index contributed by atoms with van der Waals surface area (Å²) in [6.07, 6.45) is 0. The van der Waals surface area contributed by atoms with Gasteiger partial charge in [-0.3, -0.25) is 0 Å². The van der Waals surface area contributed by atoms with E-state index >= 15 is 0 Å². The summed E-state index contributed by atoms with van der Waals surface area (Å²) in [6, 6.07) is 0.274. The fourth-order valence-corrected chi connectivity index (χ4v) is 1.04. The molecule has 0 saturated carbocycles. The second-order valence-electron chi connectivity index (χ2n) is 3.84. The van der Waals surface area contributed by atoms with Crippen molar-refractivity contribution in [2.24, 2.45) is 5.92 Å². The lowest BCUT2D eigenvalue weighted by Gasteiger charge is -2.08. The van der Waals surface area contributed by atoms with E-state index in [1.807, 2.05) is 0 Å². The second-order valence-corrected chi connectivity index (χ2v) is 3.84. The van der Waals surface area contributed by atoms with Crippen molar-refractivity contribution < 1.29 is 27.1 Å². The summed E-state index contributed by atoms with van der Waals surface area (Å²) in [6.45, 7) is 3.43. The molecule has 0 bridgehead atoms. The van der Waals surface area contributed by atoms with Crippen LogP contribution < -0.4 is 0 Å². The minimum absolute atomic E-state index is 0.0165. The second kappa shape index (κ2) is 5.16. The van der Waals surface area contributed by atoms with Crippen LogP contribution in [0.2, 0.25) is 0 Å². The summed E-state index contributed by atoms with van der Waals surface area (Å²) >= 11 is 0. The Hall–Kier alpha value is -1.59. The first kappa shape index (κ1) is 13.5. The van der Waals surface area contributed by atoms with Crippen molar-refractivity contribution in [3.63, 3.8) is 0 Å². The van der Waals surface area contributed by atoms with Gasteiger partial charge in [-0.15, -0.1) is 0 Å². The Bertz CT molecular complexity index is 444. The van der Waals surface area contributed by atoms with E-state index < -0.39 is 34.8 Å². The highest BCUT2D eigenvalue weighted by molar-refractivity contribution is 5.89. The van der Waals surface area contributed by atoms with Gasteiger partial charge in [0.15, 0.2) is 23.3 Å². The number of rotatable bonds is 3. The predicted molar refractivity (Wildman–Crippen MR) is 51.4 cm³/mol. The maximum Gasteiger partial charge on any atom is 0.341 e. The van der Waals surface area contributed by atoms with Gasteiger partial charge < -0.3 is 4.74 Å². The summed E-state index contributed by atoms with van der Waals surface area (Å²) in [7, 11) is 0. The summed E-state index contributed by atoms with van der Waals surface area (Å²) < 4.78 is 55.9. The number of benzene rings is 1. The minimum Gasteiger partial charge on any atom is -0.462 e.